The molecule has 0 unspecified atom stereocenters. The average molecular weight is 388 g/mol. The summed E-state index contributed by atoms with van der Waals surface area (Å²) < 4.78 is 13.2. The van der Waals surface area contributed by atoms with Crippen LogP contribution in [0.5, 0.6) is 0 Å². The minimum Gasteiger partial charge on any atom is -0.399 e. The van der Waals surface area contributed by atoms with Gasteiger partial charge in [-0.15, -0.1) is 12.4 Å². The van der Waals surface area contributed by atoms with Gasteiger partial charge in [0.15, 0.2) is 0 Å². The summed E-state index contributed by atoms with van der Waals surface area (Å²) in [7, 11) is 0. The van der Waals surface area contributed by atoms with Crippen LogP contribution >= 0.6 is 12.4 Å². The summed E-state index contributed by atoms with van der Waals surface area (Å²) in [4.78, 5) is 23.0. The van der Waals surface area contributed by atoms with Gasteiger partial charge < -0.3 is 16.0 Å². The van der Waals surface area contributed by atoms with Gasteiger partial charge in [0.2, 0.25) is 5.95 Å². The topological polar surface area (TPSA) is 84.1 Å². The number of amides is 1. The van der Waals surface area contributed by atoms with E-state index in [4.69, 9.17) is 5.73 Å². The Bertz CT molecular complexity index is 966. The van der Waals surface area contributed by atoms with Gasteiger partial charge in [-0.1, -0.05) is 0 Å². The first-order valence-corrected chi connectivity index (χ1v) is 8.42. The van der Waals surface area contributed by atoms with E-state index in [0.717, 1.165) is 6.42 Å². The lowest BCUT2D eigenvalue weighted by Crippen LogP contribution is -2.31. The van der Waals surface area contributed by atoms with Crippen LogP contribution < -0.4 is 11.1 Å². The van der Waals surface area contributed by atoms with E-state index in [1.54, 1.807) is 41.4 Å². The predicted molar refractivity (Wildman–Crippen MR) is 106 cm³/mol. The Morgan fingerprint density at radius 3 is 2.78 bits per heavy atom. The molecule has 1 aliphatic rings. The van der Waals surface area contributed by atoms with Gasteiger partial charge in [-0.05, 0) is 48.9 Å². The zero-order valence-corrected chi connectivity index (χ0v) is 15.2. The first-order valence-electron chi connectivity index (χ1n) is 8.42. The van der Waals surface area contributed by atoms with Gasteiger partial charge in [0.05, 0.1) is 5.52 Å². The van der Waals surface area contributed by atoms with E-state index in [9.17, 15) is 9.18 Å². The number of nitrogens with one attached hydrogen (secondary N) is 1. The molecule has 27 heavy (non-hydrogen) atoms. The van der Waals surface area contributed by atoms with E-state index < -0.39 is 0 Å². The fourth-order valence-corrected chi connectivity index (χ4v) is 3.13. The third kappa shape index (κ3) is 4.09. The number of nitrogen functional groups attached to an aromatic ring is 1. The molecule has 4 rings (SSSR count). The first-order chi connectivity index (χ1) is 12.6. The summed E-state index contributed by atoms with van der Waals surface area (Å²) in [5, 5.41) is 3.92. The van der Waals surface area contributed by atoms with Crippen LogP contribution in [0.1, 0.15) is 16.8 Å². The maximum atomic E-state index is 13.2. The van der Waals surface area contributed by atoms with Gasteiger partial charge in [-0.25, -0.2) is 14.4 Å². The molecule has 2 heterocycles. The lowest BCUT2D eigenvalue weighted by Gasteiger charge is -2.17. The van der Waals surface area contributed by atoms with Crippen molar-refractivity contribution >= 4 is 40.9 Å². The molecular weight excluding hydrogens is 369 g/mol. The summed E-state index contributed by atoms with van der Waals surface area (Å²) in [6.45, 7) is 1.24. The molecule has 0 saturated carbocycles. The van der Waals surface area contributed by atoms with Gasteiger partial charge in [-0.3, -0.25) is 4.79 Å². The number of hydrogen-bond acceptors (Lipinski definition) is 5. The van der Waals surface area contributed by atoms with Gasteiger partial charge in [0.1, 0.15) is 5.82 Å². The lowest BCUT2D eigenvalue weighted by atomic mass is 10.2. The fraction of sp³-hybridized carbons (Fsp3) is 0.211. The quantitative estimate of drug-likeness (QED) is 0.674. The van der Waals surface area contributed by atoms with Crippen LogP contribution in [0.2, 0.25) is 0 Å². The fourth-order valence-electron chi connectivity index (χ4n) is 3.13. The zero-order valence-electron chi connectivity index (χ0n) is 14.4. The van der Waals surface area contributed by atoms with Crippen LogP contribution in [0.4, 0.5) is 16.0 Å². The van der Waals surface area contributed by atoms with Crippen molar-refractivity contribution in [1.29, 1.82) is 0 Å². The molecule has 1 aromatic heterocycles. The van der Waals surface area contributed by atoms with Crippen LogP contribution in [-0.4, -0.2) is 39.9 Å². The number of carbonyl (C=O) groups is 1. The molecule has 2 aromatic carbocycles. The number of halogens is 2. The van der Waals surface area contributed by atoms with Crippen LogP contribution in [0, 0.1) is 5.82 Å². The lowest BCUT2D eigenvalue weighted by molar-refractivity contribution is 0.0791. The maximum absolute atomic E-state index is 13.2. The van der Waals surface area contributed by atoms with E-state index in [1.807, 2.05) is 0 Å². The molecule has 0 spiro atoms. The number of likely N-dealkylation sites (tertiary alicyclic amines) is 1. The molecular formula is C19H19ClFN5O. The highest BCUT2D eigenvalue weighted by Gasteiger charge is 2.27. The molecule has 8 heteroatoms. The highest BCUT2D eigenvalue weighted by molar-refractivity contribution is 5.94. The number of benzene rings is 2. The summed E-state index contributed by atoms with van der Waals surface area (Å²) in [5.74, 6) is 0.162. The zero-order chi connectivity index (χ0) is 18.1. The Balaban J connectivity index is 0.00000210. The van der Waals surface area contributed by atoms with Gasteiger partial charge in [-0.2, -0.15) is 0 Å². The predicted octanol–water partition coefficient (Wildman–Crippen LogP) is 3.10. The van der Waals surface area contributed by atoms with Crippen LogP contribution in [0.3, 0.4) is 0 Å². The average Bonchev–Trinajstić information content (AvgIpc) is 3.10. The minimum atomic E-state index is -0.311. The third-order valence-corrected chi connectivity index (χ3v) is 4.51. The second-order valence-corrected chi connectivity index (χ2v) is 6.40. The molecule has 1 atom stereocenters. The van der Waals surface area contributed by atoms with Crippen molar-refractivity contribution in [3.63, 3.8) is 0 Å². The van der Waals surface area contributed by atoms with E-state index in [-0.39, 0.29) is 30.2 Å². The molecule has 3 N–H and O–H groups in total. The summed E-state index contributed by atoms with van der Waals surface area (Å²) in [6, 6.07) is 11.4. The van der Waals surface area contributed by atoms with E-state index in [1.165, 1.54) is 12.1 Å². The minimum absolute atomic E-state index is 0. The molecule has 6 nitrogen and oxygen atoms in total. The number of fused-ring (bicyclic) bond motifs is 1. The van der Waals surface area contributed by atoms with E-state index in [2.05, 4.69) is 15.3 Å². The number of anilines is 2. The van der Waals surface area contributed by atoms with Crippen molar-refractivity contribution in [2.24, 2.45) is 0 Å². The molecule has 1 fully saturated rings. The van der Waals surface area contributed by atoms with Crippen LogP contribution in [-0.2, 0) is 0 Å². The SMILES string of the molecule is Cl.Nc1ccc(C(=O)N2CC[C@@H](Nc3ncc4cc(F)ccc4n3)C2)cc1. The van der Waals surface area contributed by atoms with Crippen molar-refractivity contribution in [3.05, 3.63) is 60.0 Å². The maximum Gasteiger partial charge on any atom is 0.253 e. The Labute approximate surface area is 162 Å². The number of nitrogens with two attached hydrogens (primary N) is 1. The summed E-state index contributed by atoms with van der Waals surface area (Å²) >= 11 is 0. The Kier molecular flexibility index (Phi) is 5.41. The number of rotatable bonds is 3. The largest absolute Gasteiger partial charge is 0.399 e. The van der Waals surface area contributed by atoms with Gasteiger partial charge in [0, 0.05) is 42.0 Å². The second-order valence-electron chi connectivity index (χ2n) is 6.40. The second kappa shape index (κ2) is 7.75. The molecule has 1 aliphatic heterocycles. The number of aromatic nitrogens is 2. The van der Waals surface area contributed by atoms with Crippen molar-refractivity contribution in [2.75, 3.05) is 24.1 Å². The van der Waals surface area contributed by atoms with Crippen molar-refractivity contribution in [1.82, 2.24) is 14.9 Å². The van der Waals surface area contributed by atoms with E-state index in [0.29, 0.717) is 41.2 Å². The monoisotopic (exact) mass is 387 g/mol. The normalized spacial score (nSPS) is 16.2. The summed E-state index contributed by atoms with van der Waals surface area (Å²) in [6.07, 6.45) is 2.41. The van der Waals surface area contributed by atoms with Crippen LogP contribution in [0.25, 0.3) is 10.9 Å². The number of carbonyl (C=O) groups excluding carboxylic acids is 1. The molecule has 0 bridgehead atoms. The molecule has 1 amide bonds. The smallest absolute Gasteiger partial charge is 0.253 e. The molecule has 3 aromatic rings. The number of nitrogens with zero attached hydrogens (tertiary/aromatic N) is 3. The Morgan fingerprint density at radius 1 is 1.22 bits per heavy atom. The molecule has 1 saturated heterocycles. The molecule has 0 radical (unpaired) electrons. The Hall–Kier alpha value is -2.93. The molecule has 140 valence electrons. The molecule has 0 aliphatic carbocycles. The highest BCUT2D eigenvalue weighted by Crippen LogP contribution is 2.19. The summed E-state index contributed by atoms with van der Waals surface area (Å²) in [5.41, 5.74) is 7.61. The van der Waals surface area contributed by atoms with Crippen LogP contribution in [0.15, 0.2) is 48.7 Å². The van der Waals surface area contributed by atoms with Gasteiger partial charge >= 0.3 is 0 Å². The third-order valence-electron chi connectivity index (χ3n) is 4.51. The Morgan fingerprint density at radius 2 is 2.00 bits per heavy atom. The van der Waals surface area contributed by atoms with Crippen molar-refractivity contribution < 1.29 is 9.18 Å². The highest BCUT2D eigenvalue weighted by atomic mass is 35.5. The van der Waals surface area contributed by atoms with E-state index >= 15 is 0 Å². The van der Waals surface area contributed by atoms with Gasteiger partial charge in [0.25, 0.3) is 5.91 Å². The van der Waals surface area contributed by atoms with Crippen molar-refractivity contribution in [2.45, 2.75) is 12.5 Å². The number of hydrogen-bond donors (Lipinski definition) is 2. The first kappa shape index (κ1) is 18.8. The van der Waals surface area contributed by atoms with Crippen molar-refractivity contribution in [3.8, 4) is 0 Å². The standard InChI is InChI=1S/C19H18FN5O.ClH/c20-14-3-6-17-13(9-14)10-22-19(24-17)23-16-7-8-25(11-16)18(26)12-1-4-15(21)5-2-12;/h1-6,9-10,16H,7-8,11,21H2,(H,22,23,24);1H/t16-;/m1./s1.